The van der Waals surface area contributed by atoms with Gasteiger partial charge in [-0.1, -0.05) is 19.7 Å². The van der Waals surface area contributed by atoms with Gasteiger partial charge >= 0.3 is 11.9 Å². The van der Waals surface area contributed by atoms with Crippen molar-refractivity contribution >= 4 is 11.9 Å². The maximum Gasteiger partial charge on any atom is 0.306 e. The van der Waals surface area contributed by atoms with E-state index in [2.05, 4.69) is 52.8 Å². The molecule has 0 aliphatic heterocycles. The molecule has 0 fully saturated rings. The van der Waals surface area contributed by atoms with Crippen LogP contribution in [0.1, 0.15) is 65.5 Å². The molecule has 3 atom stereocenters. The summed E-state index contributed by atoms with van der Waals surface area (Å²) in [4.78, 5) is 35.8. The van der Waals surface area contributed by atoms with Crippen LogP contribution in [0.3, 0.4) is 0 Å². The fraction of sp³-hybridized carbons (Fsp3) is 0.452. The van der Waals surface area contributed by atoms with E-state index in [-0.39, 0.29) is 32.7 Å². The van der Waals surface area contributed by atoms with E-state index in [1.807, 2.05) is 89.6 Å². The van der Waals surface area contributed by atoms with Crippen molar-refractivity contribution in [2.24, 2.45) is 0 Å². The molecule has 3 unspecified atom stereocenters. The lowest BCUT2D eigenvalue weighted by molar-refractivity contribution is -0.693. The van der Waals surface area contributed by atoms with Crippen LogP contribution in [-0.4, -0.2) is 65.8 Å². The second-order valence-electron chi connectivity index (χ2n) is 12.9. The molecule has 0 radical (unpaired) electrons. The first-order valence-corrected chi connectivity index (χ1v) is 18.6. The fourth-order valence-electron chi connectivity index (χ4n) is 4.27. The quantitative estimate of drug-likeness (QED) is 0.0360. The SMILES string of the molecule is C=C(C)C(COC(=O)CCC(=O)OCc1cc[n+](CC)cc1)OO.C=C(C)C(COCc1cc[n+](CC)cc1)OO.C=C(C)C(COc1cc[n+](CC)cc1)OO. The summed E-state index contributed by atoms with van der Waals surface area (Å²) < 4.78 is 27.0. The first-order valence-electron chi connectivity index (χ1n) is 18.6. The van der Waals surface area contributed by atoms with Gasteiger partial charge in [0.05, 0.1) is 26.1 Å². The summed E-state index contributed by atoms with van der Waals surface area (Å²) in [6, 6.07) is 11.5. The maximum absolute atomic E-state index is 11.6. The third-order valence-corrected chi connectivity index (χ3v) is 8.18. The number of aromatic nitrogens is 3. The number of hydrogen-bond acceptors (Lipinski definition) is 12. The second kappa shape index (κ2) is 29.4. The third kappa shape index (κ3) is 21.9. The minimum Gasteiger partial charge on any atom is -0.490 e. The largest absolute Gasteiger partial charge is 0.490 e. The van der Waals surface area contributed by atoms with Crippen molar-refractivity contribution in [2.75, 3.05) is 19.8 Å². The Labute approximate surface area is 336 Å². The first-order chi connectivity index (χ1) is 27.3. The van der Waals surface area contributed by atoms with Gasteiger partial charge in [-0.2, -0.15) is 0 Å². The molecule has 15 nitrogen and oxygen atoms in total. The van der Waals surface area contributed by atoms with E-state index < -0.39 is 30.3 Å². The highest BCUT2D eigenvalue weighted by molar-refractivity contribution is 5.77. The van der Waals surface area contributed by atoms with Crippen LogP contribution in [-0.2, 0) is 71.3 Å². The summed E-state index contributed by atoms with van der Waals surface area (Å²) in [6.07, 6.45) is 9.81. The van der Waals surface area contributed by atoms with Crippen LogP contribution in [0.2, 0.25) is 0 Å². The van der Waals surface area contributed by atoms with E-state index in [9.17, 15) is 9.59 Å². The minimum absolute atomic E-state index is 0.0711. The number of esters is 2. The zero-order valence-electron chi connectivity index (χ0n) is 34.2. The molecule has 3 rings (SSSR count). The van der Waals surface area contributed by atoms with Crippen molar-refractivity contribution in [1.82, 2.24) is 0 Å². The van der Waals surface area contributed by atoms with Crippen LogP contribution >= 0.6 is 0 Å². The highest BCUT2D eigenvalue weighted by Gasteiger charge is 2.15. The average Bonchev–Trinajstić information content (AvgIpc) is 3.22. The van der Waals surface area contributed by atoms with Crippen molar-refractivity contribution < 1.29 is 72.7 Å². The van der Waals surface area contributed by atoms with Crippen LogP contribution in [0.25, 0.3) is 0 Å². The van der Waals surface area contributed by atoms with Gasteiger partial charge in [-0.25, -0.2) is 28.4 Å². The van der Waals surface area contributed by atoms with Gasteiger partial charge < -0.3 is 18.9 Å². The van der Waals surface area contributed by atoms with Gasteiger partial charge in [0.1, 0.15) is 63.5 Å². The number of carbonyl (C=O) groups is 2. The van der Waals surface area contributed by atoms with Crippen molar-refractivity contribution in [3.05, 3.63) is 121 Å². The summed E-state index contributed by atoms with van der Waals surface area (Å²) >= 11 is 0. The summed E-state index contributed by atoms with van der Waals surface area (Å²) in [6.45, 7) is 26.2. The van der Waals surface area contributed by atoms with E-state index in [4.69, 9.17) is 34.7 Å². The molecule has 0 aliphatic rings. The third-order valence-electron chi connectivity index (χ3n) is 8.18. The lowest BCUT2D eigenvalue weighted by atomic mass is 10.2. The smallest absolute Gasteiger partial charge is 0.306 e. The zero-order valence-corrected chi connectivity index (χ0v) is 34.2. The van der Waals surface area contributed by atoms with Crippen LogP contribution in [0, 0.1) is 0 Å². The number of pyridine rings is 3. The van der Waals surface area contributed by atoms with Gasteiger partial charge in [0.15, 0.2) is 37.2 Å². The second-order valence-corrected chi connectivity index (χ2v) is 12.9. The predicted molar refractivity (Wildman–Crippen MR) is 209 cm³/mol. The number of hydrogen-bond donors (Lipinski definition) is 3. The Bertz CT molecular complexity index is 1620. The molecule has 314 valence electrons. The zero-order chi connectivity index (χ0) is 42.6. The molecule has 3 N–H and O–H groups in total. The monoisotopic (exact) mass is 800 g/mol. The maximum atomic E-state index is 11.6. The molecule has 0 aromatic carbocycles. The molecule has 3 aromatic rings. The first kappa shape index (κ1) is 50.1. The standard InChI is InChI=1S/C17H23NO6.C13H19NO3.C12H17NO3/c1-4-18-9-7-14(8-10-18)11-22-16(19)5-6-17(20)23-12-15(24-21)13(2)3;1-4-14-7-5-12(6-8-14)9-16-10-13(17-15)11(2)3;1-4-13-7-5-11(6-8-13)15-9-12(16-14)10(2)3/h7-10,15H,2,4-6,11-12H2,1,3H3;5-8,13H,2,4,9-10H2,1,3H3;5-8,12H,2,4,9H2,1,3H3/p+3. The molecule has 0 spiro atoms. The number of rotatable bonds is 23. The molecule has 3 aromatic heterocycles. The van der Waals surface area contributed by atoms with Gasteiger partial charge in [0.25, 0.3) is 0 Å². The highest BCUT2D eigenvalue weighted by atomic mass is 17.1. The Kier molecular flexibility index (Phi) is 25.9. The van der Waals surface area contributed by atoms with Crippen molar-refractivity contribution in [3.63, 3.8) is 0 Å². The number of aryl methyl sites for hydroxylation is 3. The lowest BCUT2D eigenvalue weighted by Gasteiger charge is -2.13. The van der Waals surface area contributed by atoms with Crippen LogP contribution in [0.4, 0.5) is 0 Å². The summed E-state index contributed by atoms with van der Waals surface area (Å²) in [5, 5.41) is 25.8. The summed E-state index contributed by atoms with van der Waals surface area (Å²) in [5.41, 5.74) is 3.96. The van der Waals surface area contributed by atoms with E-state index in [1.165, 1.54) is 0 Å². The predicted octanol–water partition coefficient (Wildman–Crippen LogP) is 5.55. The Morgan fingerprint density at radius 1 is 0.561 bits per heavy atom. The van der Waals surface area contributed by atoms with Gasteiger partial charge in [0, 0.05) is 42.0 Å². The van der Waals surface area contributed by atoms with Crippen molar-refractivity contribution in [3.8, 4) is 5.75 Å². The van der Waals surface area contributed by atoms with Gasteiger partial charge in [0.2, 0.25) is 0 Å². The Hall–Kier alpha value is -4.87. The number of carbonyl (C=O) groups excluding carboxylic acids is 2. The number of nitrogens with zero attached hydrogens (tertiary/aromatic N) is 3. The molecule has 0 bridgehead atoms. The molecule has 3 heterocycles. The Morgan fingerprint density at radius 3 is 1.33 bits per heavy atom. The van der Waals surface area contributed by atoms with Crippen LogP contribution in [0.5, 0.6) is 5.75 Å². The van der Waals surface area contributed by atoms with Gasteiger partial charge in [-0.05, 0) is 63.8 Å². The van der Waals surface area contributed by atoms with Crippen LogP contribution in [0.15, 0.2) is 110 Å². The van der Waals surface area contributed by atoms with E-state index in [0.29, 0.717) is 18.8 Å². The minimum atomic E-state index is -0.773. The Balaban J connectivity index is 0.000000440. The molecule has 0 saturated heterocycles. The Morgan fingerprint density at radius 2 is 0.930 bits per heavy atom. The summed E-state index contributed by atoms with van der Waals surface area (Å²) in [5.74, 6) is -0.305. The lowest BCUT2D eigenvalue weighted by Crippen LogP contribution is -2.30. The normalized spacial score (nSPS) is 12.0. The van der Waals surface area contributed by atoms with Crippen LogP contribution < -0.4 is 18.4 Å². The fourth-order valence-corrected chi connectivity index (χ4v) is 4.27. The molecule has 0 amide bonds. The molecule has 0 saturated carbocycles. The van der Waals surface area contributed by atoms with Gasteiger partial charge in [-0.15, -0.1) is 0 Å². The van der Waals surface area contributed by atoms with E-state index in [1.54, 1.807) is 20.8 Å². The molecular formula is C42H62N3O12+3. The molecule has 57 heavy (non-hydrogen) atoms. The topological polar surface area (TPSA) is 171 Å². The van der Waals surface area contributed by atoms with Crippen molar-refractivity contribution in [1.29, 1.82) is 0 Å². The summed E-state index contributed by atoms with van der Waals surface area (Å²) in [7, 11) is 0. The molecule has 0 aliphatic carbocycles. The molecule has 15 heteroatoms. The van der Waals surface area contributed by atoms with Gasteiger partial charge in [-0.3, -0.25) is 25.4 Å². The van der Waals surface area contributed by atoms with E-state index in [0.717, 1.165) is 47.7 Å². The average molecular weight is 801 g/mol. The van der Waals surface area contributed by atoms with E-state index >= 15 is 0 Å². The highest BCUT2D eigenvalue weighted by Crippen LogP contribution is 2.10. The number of ether oxygens (including phenoxy) is 4. The van der Waals surface area contributed by atoms with Crippen molar-refractivity contribution in [2.45, 2.75) is 106 Å². The molecular weight excluding hydrogens is 738 g/mol.